The number of aliphatic hydroxyl groups excluding tert-OH is 1. The average molecular weight is 1830 g/mol. The number of benzene rings is 5. The first-order valence-electron chi connectivity index (χ1n) is 37.6. The number of nitrogens with one attached hydrogen (secondary N) is 3. The fraction of sp³-hybridized carbons (Fsp3) is 0.443. The van der Waals surface area contributed by atoms with Gasteiger partial charge in [-0.05, 0) is 208 Å². The summed E-state index contributed by atoms with van der Waals surface area (Å²) in [4.78, 5) is 41.3. The van der Waals surface area contributed by atoms with Crippen molar-refractivity contribution in [3.8, 4) is 32.6 Å². The van der Waals surface area contributed by atoms with E-state index in [9.17, 15) is 17.5 Å². The summed E-state index contributed by atoms with van der Waals surface area (Å²) in [6, 6.07) is 27.3. The van der Waals surface area contributed by atoms with Crippen molar-refractivity contribution >= 4 is 176 Å². The van der Waals surface area contributed by atoms with Crippen LogP contribution in [-0.2, 0) is 32.1 Å². The Morgan fingerprint density at radius 1 is 0.575 bits per heavy atom. The number of likely N-dealkylation sites (N-methyl/N-ethyl adjacent to an activating group) is 2. The van der Waals surface area contributed by atoms with Crippen LogP contribution < -0.4 is 51.6 Å². The molecule has 612 valence electrons. The van der Waals surface area contributed by atoms with Gasteiger partial charge in [-0.25, -0.2) is 19.9 Å². The normalized spacial score (nSPS) is 15.6. The van der Waals surface area contributed by atoms with Crippen LogP contribution in [0.1, 0.15) is 76.0 Å². The molecule has 8 heterocycles. The van der Waals surface area contributed by atoms with Gasteiger partial charge in [0.15, 0.2) is 0 Å². The van der Waals surface area contributed by atoms with Crippen LogP contribution in [0.2, 0.25) is 14.0 Å². The molecule has 4 fully saturated rings. The number of nitrogens with zero attached hydrogens (tertiary/aromatic N) is 12. The molecule has 0 radical (unpaired) electrons. The number of piperazine rings is 2. The zero-order valence-electron chi connectivity index (χ0n) is 66.2. The van der Waals surface area contributed by atoms with Crippen molar-refractivity contribution in [3.63, 3.8) is 0 Å². The van der Waals surface area contributed by atoms with Crippen LogP contribution in [0.15, 0.2) is 124 Å². The molecule has 0 saturated carbocycles. The van der Waals surface area contributed by atoms with Crippen molar-refractivity contribution in [1.82, 2.24) is 49.5 Å². The van der Waals surface area contributed by atoms with E-state index in [0.29, 0.717) is 69.8 Å². The summed E-state index contributed by atoms with van der Waals surface area (Å²) in [5.74, 6) is 2.99. The monoisotopic (exact) mass is 1830 g/mol. The standard InChI is InChI=1S/C34H43BrClN8O2PS.C19H32N4O.C15H12BrCl2N4OPS.C7H8O3S.C4H10O/c1-6-22-17-27(29(46-3)19-28(22)44-11-9-24(10-12-44)43-15-13-42(2)14-16-43)40-34-38-20-25(35)32(41-34)39-26-8-7-23(18-30(26)47(4,5)45)33-37-21-31(36)48-33;1-4-15-13-17(20)19(24-3)14-18(15)23-7-5-16(6-8-23)22-11-9-21(2)10-12-22;1-24(2,23)11-5-8(14-19-7-12(17)25-14)3-4-10(11)21-13-9(16)6-20-15(18)22-13;1-6-2-4-7(5-3-6)11(8,9)10;1-2-3-4-5/h7-8,17-21,24H,6,9-16H2,1-5H3,(H2,38,39,40,41);13-14,16H,4-12,20H2,1-3H3;3-7H,1-2H3,(H,20,21,22);2-5H,1H3,(H,8,9,10);5H,2-4H2,1H3. The number of hydrogen-bond acceptors (Lipinski definition) is 25. The van der Waals surface area contributed by atoms with Gasteiger partial charge in [0.25, 0.3) is 10.1 Å². The van der Waals surface area contributed by atoms with E-state index in [-0.39, 0.29) is 10.2 Å². The first kappa shape index (κ1) is 90.8. The topological polar surface area (TPSA) is 286 Å². The predicted octanol–water partition coefficient (Wildman–Crippen LogP) is 17.3. The van der Waals surface area contributed by atoms with Gasteiger partial charge in [-0.3, -0.25) is 14.4 Å². The number of aliphatic hydroxyl groups is 1. The maximum atomic E-state index is 13.4. The molecular formula is C79H105Br2Cl3N16O8P2S3. The van der Waals surface area contributed by atoms with E-state index in [1.165, 1.54) is 122 Å². The fourth-order valence-electron chi connectivity index (χ4n) is 13.6. The molecule has 0 bridgehead atoms. The number of unbranched alkanes of at least 4 members (excludes halogenated alkanes) is 1. The highest BCUT2D eigenvalue weighted by Crippen LogP contribution is 2.44. The van der Waals surface area contributed by atoms with Crippen LogP contribution in [0, 0.1) is 6.92 Å². The predicted molar refractivity (Wildman–Crippen MR) is 478 cm³/mol. The third kappa shape index (κ3) is 26.0. The number of rotatable bonds is 21. The second-order valence-corrected chi connectivity index (χ2v) is 42.0. The van der Waals surface area contributed by atoms with E-state index in [0.717, 1.165) is 121 Å². The molecule has 24 nitrogen and oxygen atoms in total. The Morgan fingerprint density at radius 3 is 1.42 bits per heavy atom. The SMILES string of the molecule is CCCCO.CCc1cc(N)c(OC)cc1N1CCC(N2CCN(C)CC2)CC1.CCc1cc(Nc2ncc(Br)c(Nc3ccc(-c4ncc(Cl)s4)cc3P(C)(C)=O)n2)c(OC)cc1N1CCC(N2CCN(C)CC2)CC1.CP(C)(=O)c1cc(-c2ncc(Cl)s2)ccc1Nc1nc(Cl)ncc1Br.Cc1ccc(S(=O)(=O)O)cc1. The molecular weight excluding hydrogens is 1730 g/mol. The van der Waals surface area contributed by atoms with Gasteiger partial charge in [0, 0.05) is 155 Å². The summed E-state index contributed by atoms with van der Waals surface area (Å²) >= 11 is 27.7. The number of hydrogen-bond donors (Lipinski definition) is 6. The smallest absolute Gasteiger partial charge is 0.294 e. The zero-order chi connectivity index (χ0) is 81.9. The first-order chi connectivity index (χ1) is 53.8. The Bertz CT molecular complexity index is 4840. The lowest BCUT2D eigenvalue weighted by atomic mass is 9.99. The molecule has 4 aliphatic heterocycles. The molecule has 4 saturated heterocycles. The van der Waals surface area contributed by atoms with E-state index in [2.05, 4.69) is 161 Å². The van der Waals surface area contributed by atoms with Gasteiger partial charge in [0.1, 0.15) is 56.1 Å². The second kappa shape index (κ2) is 42.4. The summed E-state index contributed by atoms with van der Waals surface area (Å²) in [7, 11) is -1.44. The van der Waals surface area contributed by atoms with E-state index in [1.54, 1.807) is 77.8 Å². The Hall–Kier alpha value is -6.08. The summed E-state index contributed by atoms with van der Waals surface area (Å²) in [5, 5.41) is 21.1. The lowest BCUT2D eigenvalue weighted by Crippen LogP contribution is -2.52. The van der Waals surface area contributed by atoms with Gasteiger partial charge in [-0.15, -0.1) is 22.7 Å². The minimum Gasteiger partial charge on any atom is -0.495 e. The Morgan fingerprint density at radius 2 is 1.02 bits per heavy atom. The number of aromatic nitrogens is 6. The third-order valence-electron chi connectivity index (χ3n) is 20.0. The average Bonchev–Trinajstić information content (AvgIpc) is 1.62. The molecule has 34 heteroatoms. The van der Waals surface area contributed by atoms with Gasteiger partial charge in [-0.1, -0.05) is 68.1 Å². The van der Waals surface area contributed by atoms with Crippen molar-refractivity contribution in [2.45, 2.75) is 96.0 Å². The van der Waals surface area contributed by atoms with Crippen LogP contribution in [0.4, 0.5) is 51.7 Å². The number of anilines is 9. The molecule has 0 spiro atoms. The molecule has 9 aromatic rings. The van der Waals surface area contributed by atoms with Crippen LogP contribution >= 0.6 is 104 Å². The number of ether oxygens (including phenoxy) is 2. The van der Waals surface area contributed by atoms with E-state index in [1.807, 2.05) is 43.3 Å². The number of thiazole rings is 2. The molecule has 5 aromatic carbocycles. The minimum absolute atomic E-state index is 0.0666. The van der Waals surface area contributed by atoms with Crippen molar-refractivity contribution in [3.05, 3.63) is 149 Å². The van der Waals surface area contributed by atoms with Crippen LogP contribution in [0.25, 0.3) is 21.1 Å². The summed E-state index contributed by atoms with van der Waals surface area (Å²) < 4.78 is 69.7. The van der Waals surface area contributed by atoms with E-state index < -0.39 is 24.4 Å². The lowest BCUT2D eigenvalue weighted by molar-refractivity contribution is 0.0982. The van der Waals surface area contributed by atoms with Crippen LogP contribution in [0.5, 0.6) is 11.5 Å². The molecule has 13 rings (SSSR count). The van der Waals surface area contributed by atoms with Crippen LogP contribution in [-0.4, -0.2) is 220 Å². The highest BCUT2D eigenvalue weighted by atomic mass is 79.9. The van der Waals surface area contributed by atoms with Gasteiger partial charge in [0.05, 0.1) is 63.2 Å². The molecule has 0 amide bonds. The molecule has 113 heavy (non-hydrogen) atoms. The van der Waals surface area contributed by atoms with Crippen molar-refractivity contribution < 1.29 is 36.7 Å². The summed E-state index contributed by atoms with van der Waals surface area (Å²) in [6.45, 7) is 29.4. The number of nitrogens with two attached hydrogens (primary N) is 1. The quantitative estimate of drug-likeness (QED) is 0.0169. The lowest BCUT2D eigenvalue weighted by Gasteiger charge is -2.43. The molecule has 4 aliphatic rings. The fourth-order valence-corrected chi connectivity index (χ4v) is 18.9. The summed E-state index contributed by atoms with van der Waals surface area (Å²) in [5.41, 5.74) is 16.8. The Kier molecular flexibility index (Phi) is 34.0. The van der Waals surface area contributed by atoms with Gasteiger partial charge in [-0.2, -0.15) is 18.4 Å². The van der Waals surface area contributed by atoms with Crippen LogP contribution in [0.3, 0.4) is 0 Å². The maximum absolute atomic E-state index is 13.4. The highest BCUT2D eigenvalue weighted by molar-refractivity contribution is 9.11. The molecule has 7 N–H and O–H groups in total. The van der Waals surface area contributed by atoms with Gasteiger partial charge < -0.3 is 65.0 Å². The van der Waals surface area contributed by atoms with Crippen molar-refractivity contribution in [2.24, 2.45) is 0 Å². The van der Waals surface area contributed by atoms with Crippen molar-refractivity contribution in [2.75, 3.05) is 172 Å². The number of nitrogen functional groups attached to an aromatic ring is 1. The van der Waals surface area contributed by atoms with Gasteiger partial charge in [0.2, 0.25) is 11.2 Å². The molecule has 0 atom stereocenters. The van der Waals surface area contributed by atoms with E-state index >= 15 is 0 Å². The third-order valence-corrected chi connectivity index (χ3v) is 27.6. The van der Waals surface area contributed by atoms with Gasteiger partial charge >= 0.3 is 0 Å². The summed E-state index contributed by atoms with van der Waals surface area (Å²) in [6.07, 6.45) is 15.3. The number of methoxy groups -OCH3 is 2. The maximum Gasteiger partial charge on any atom is 0.294 e. The van der Waals surface area contributed by atoms with Crippen molar-refractivity contribution in [1.29, 1.82) is 0 Å². The number of halogens is 5. The second-order valence-electron chi connectivity index (χ2n) is 28.8. The first-order valence-corrected chi connectivity index (χ1v) is 48.6. The molecule has 0 unspecified atom stereocenters. The molecule has 4 aromatic heterocycles. The number of piperidine rings is 2. The van der Waals surface area contributed by atoms with E-state index in [4.69, 9.17) is 64.7 Å². The zero-order valence-corrected chi connectivity index (χ0v) is 75.9. The minimum atomic E-state index is -4.02. The Balaban J connectivity index is 0.000000189. The highest BCUT2D eigenvalue weighted by Gasteiger charge is 2.31. The largest absolute Gasteiger partial charge is 0.495 e. The Labute approximate surface area is 706 Å². The number of aryl methyl sites for hydroxylation is 3. The molecule has 0 aliphatic carbocycles.